The van der Waals surface area contributed by atoms with Gasteiger partial charge in [-0.15, -0.1) is 6.58 Å². The summed E-state index contributed by atoms with van der Waals surface area (Å²) in [5, 5.41) is 13.7. The van der Waals surface area contributed by atoms with Crippen molar-refractivity contribution in [1.29, 1.82) is 0 Å². The molecule has 140 valence electrons. The van der Waals surface area contributed by atoms with Gasteiger partial charge in [-0.3, -0.25) is 9.59 Å². The summed E-state index contributed by atoms with van der Waals surface area (Å²) in [6.45, 7) is 7.58. The number of nitrogens with one attached hydrogen (secondary N) is 1. The molecule has 0 fully saturated rings. The third kappa shape index (κ3) is 3.37. The van der Waals surface area contributed by atoms with E-state index in [1.807, 2.05) is 13.8 Å². The summed E-state index contributed by atoms with van der Waals surface area (Å²) >= 11 is 0. The van der Waals surface area contributed by atoms with Gasteiger partial charge in [-0.25, -0.2) is 0 Å². The maximum Gasteiger partial charge on any atom is 0.268 e. The Kier molecular flexibility index (Phi) is 5.92. The van der Waals surface area contributed by atoms with Gasteiger partial charge in [0.15, 0.2) is 11.5 Å². The Morgan fingerprint density at radius 2 is 1.96 bits per heavy atom. The number of rotatable bonds is 7. The van der Waals surface area contributed by atoms with Gasteiger partial charge in [0.05, 0.1) is 19.7 Å². The number of carbonyl (C=O) groups is 1. The summed E-state index contributed by atoms with van der Waals surface area (Å²) in [7, 11) is 2.95. The molecular weight excluding hydrogens is 336 g/mol. The number of benzene rings is 1. The standard InChI is InChI=1S/C19H24N2O5/c1-6-8-21-13-10-15(26-5)14(25-4)9-12(13)17(22)16(19(21)24)18(23)20-11(3)7-2/h6,9-11,22H,1,7-8H2,2-5H3,(H,20,23). The van der Waals surface area contributed by atoms with Crippen LogP contribution >= 0.6 is 0 Å². The molecule has 1 amide bonds. The highest BCUT2D eigenvalue weighted by molar-refractivity contribution is 6.03. The van der Waals surface area contributed by atoms with Crippen molar-refractivity contribution in [3.05, 3.63) is 40.7 Å². The largest absolute Gasteiger partial charge is 0.506 e. The summed E-state index contributed by atoms with van der Waals surface area (Å²) in [6, 6.07) is 3.01. The van der Waals surface area contributed by atoms with Crippen LogP contribution in [0.3, 0.4) is 0 Å². The number of aromatic nitrogens is 1. The first-order valence-corrected chi connectivity index (χ1v) is 8.32. The molecule has 0 aliphatic heterocycles. The summed E-state index contributed by atoms with van der Waals surface area (Å²) in [5.41, 5.74) is -0.472. The number of hydrogen-bond donors (Lipinski definition) is 2. The van der Waals surface area contributed by atoms with Crippen molar-refractivity contribution in [2.45, 2.75) is 32.9 Å². The van der Waals surface area contributed by atoms with Crippen LogP contribution in [0.1, 0.15) is 30.6 Å². The first kappa shape index (κ1) is 19.4. The Balaban J connectivity index is 2.84. The van der Waals surface area contributed by atoms with E-state index in [9.17, 15) is 14.7 Å². The monoisotopic (exact) mass is 360 g/mol. The Hall–Kier alpha value is -2.96. The molecule has 7 heteroatoms. The normalized spacial score (nSPS) is 11.8. The molecule has 0 bridgehead atoms. The number of fused-ring (bicyclic) bond motifs is 1. The minimum absolute atomic E-state index is 0.129. The molecule has 0 saturated carbocycles. The Morgan fingerprint density at radius 1 is 1.35 bits per heavy atom. The second kappa shape index (κ2) is 7.95. The lowest BCUT2D eigenvalue weighted by atomic mass is 10.1. The van der Waals surface area contributed by atoms with Crippen LogP contribution in [0.15, 0.2) is 29.6 Å². The van der Waals surface area contributed by atoms with E-state index in [-0.39, 0.29) is 23.9 Å². The molecule has 1 aromatic heterocycles. The third-order valence-corrected chi connectivity index (χ3v) is 4.27. The number of carbonyl (C=O) groups excluding carboxylic acids is 1. The van der Waals surface area contributed by atoms with Gasteiger partial charge in [0.25, 0.3) is 11.5 Å². The number of ether oxygens (including phenoxy) is 2. The van der Waals surface area contributed by atoms with Crippen molar-refractivity contribution >= 4 is 16.8 Å². The highest BCUT2D eigenvalue weighted by Gasteiger charge is 2.24. The van der Waals surface area contributed by atoms with Gasteiger partial charge in [0, 0.05) is 24.0 Å². The molecule has 1 heterocycles. The zero-order valence-electron chi connectivity index (χ0n) is 15.5. The second-order valence-corrected chi connectivity index (χ2v) is 5.94. The zero-order valence-corrected chi connectivity index (χ0v) is 15.5. The highest BCUT2D eigenvalue weighted by atomic mass is 16.5. The molecule has 0 aliphatic carbocycles. The summed E-state index contributed by atoms with van der Waals surface area (Å²) in [4.78, 5) is 25.4. The number of pyridine rings is 1. The lowest BCUT2D eigenvalue weighted by Crippen LogP contribution is -2.37. The number of nitrogens with zero attached hydrogens (tertiary/aromatic N) is 1. The summed E-state index contributed by atoms with van der Waals surface area (Å²) in [5.74, 6) is -0.204. The molecule has 1 atom stereocenters. The van der Waals surface area contributed by atoms with Crippen LogP contribution in [-0.4, -0.2) is 35.8 Å². The van der Waals surface area contributed by atoms with Crippen LogP contribution in [-0.2, 0) is 6.54 Å². The van der Waals surface area contributed by atoms with Crippen molar-refractivity contribution < 1.29 is 19.4 Å². The van der Waals surface area contributed by atoms with Crippen molar-refractivity contribution in [2.24, 2.45) is 0 Å². The number of amides is 1. The molecule has 2 aromatic rings. The van der Waals surface area contributed by atoms with Gasteiger partial charge in [0.1, 0.15) is 11.3 Å². The lowest BCUT2D eigenvalue weighted by molar-refractivity contribution is 0.0934. The Labute approximate surface area is 151 Å². The average Bonchev–Trinajstić information content (AvgIpc) is 2.63. The summed E-state index contributed by atoms with van der Waals surface area (Å²) < 4.78 is 11.9. The number of aromatic hydroxyl groups is 1. The van der Waals surface area contributed by atoms with Gasteiger partial charge < -0.3 is 24.5 Å². The van der Waals surface area contributed by atoms with Crippen molar-refractivity contribution in [3.63, 3.8) is 0 Å². The van der Waals surface area contributed by atoms with Gasteiger partial charge in [-0.1, -0.05) is 13.0 Å². The topological polar surface area (TPSA) is 89.8 Å². The predicted molar refractivity (Wildman–Crippen MR) is 100 cm³/mol. The molecule has 0 saturated heterocycles. The Morgan fingerprint density at radius 3 is 2.50 bits per heavy atom. The van der Waals surface area contributed by atoms with Gasteiger partial charge in [-0.2, -0.15) is 0 Å². The molecule has 2 rings (SSSR count). The Bertz CT molecular complexity index is 901. The maximum atomic E-state index is 12.9. The zero-order chi connectivity index (χ0) is 19.4. The molecule has 2 N–H and O–H groups in total. The van der Waals surface area contributed by atoms with E-state index >= 15 is 0 Å². The fraction of sp³-hybridized carbons (Fsp3) is 0.368. The number of allylic oxidation sites excluding steroid dienone is 1. The lowest BCUT2D eigenvalue weighted by Gasteiger charge is -2.17. The van der Waals surface area contributed by atoms with E-state index in [2.05, 4.69) is 11.9 Å². The van der Waals surface area contributed by atoms with E-state index in [4.69, 9.17) is 9.47 Å². The molecule has 0 aliphatic rings. The predicted octanol–water partition coefficient (Wildman–Crippen LogP) is 2.44. The SMILES string of the molecule is C=CCn1c(=O)c(C(=O)NC(C)CC)c(O)c2cc(OC)c(OC)cc21. The first-order chi connectivity index (χ1) is 12.4. The molecule has 7 nitrogen and oxygen atoms in total. The minimum atomic E-state index is -0.614. The van der Waals surface area contributed by atoms with Crippen LogP contribution in [0.4, 0.5) is 0 Å². The van der Waals surface area contributed by atoms with E-state index in [1.54, 1.807) is 18.2 Å². The van der Waals surface area contributed by atoms with E-state index in [0.717, 1.165) is 0 Å². The number of methoxy groups -OCH3 is 2. The van der Waals surface area contributed by atoms with Crippen LogP contribution in [0.25, 0.3) is 10.9 Å². The van der Waals surface area contributed by atoms with Crippen molar-refractivity contribution in [2.75, 3.05) is 14.2 Å². The molecule has 1 aromatic carbocycles. The molecule has 26 heavy (non-hydrogen) atoms. The molecule has 0 spiro atoms. The average molecular weight is 360 g/mol. The van der Waals surface area contributed by atoms with Crippen molar-refractivity contribution in [1.82, 2.24) is 9.88 Å². The minimum Gasteiger partial charge on any atom is -0.506 e. The maximum absolute atomic E-state index is 12.9. The fourth-order valence-corrected chi connectivity index (χ4v) is 2.67. The van der Waals surface area contributed by atoms with Gasteiger partial charge >= 0.3 is 0 Å². The molecule has 0 radical (unpaired) electrons. The van der Waals surface area contributed by atoms with Crippen LogP contribution in [0.5, 0.6) is 17.2 Å². The molecular formula is C19H24N2O5. The summed E-state index contributed by atoms with van der Waals surface area (Å²) in [6.07, 6.45) is 2.25. The van der Waals surface area contributed by atoms with E-state index in [0.29, 0.717) is 28.8 Å². The van der Waals surface area contributed by atoms with E-state index < -0.39 is 11.5 Å². The van der Waals surface area contributed by atoms with Gasteiger partial charge in [0.2, 0.25) is 0 Å². The van der Waals surface area contributed by atoms with Crippen molar-refractivity contribution in [3.8, 4) is 17.2 Å². The smallest absolute Gasteiger partial charge is 0.268 e. The van der Waals surface area contributed by atoms with Gasteiger partial charge in [-0.05, 0) is 19.4 Å². The van der Waals surface area contributed by atoms with E-state index in [1.165, 1.54) is 18.8 Å². The molecule has 1 unspecified atom stereocenters. The third-order valence-electron chi connectivity index (χ3n) is 4.27. The first-order valence-electron chi connectivity index (χ1n) is 8.32. The second-order valence-electron chi connectivity index (χ2n) is 5.94. The fourth-order valence-electron chi connectivity index (χ4n) is 2.67. The number of hydrogen-bond acceptors (Lipinski definition) is 5. The quantitative estimate of drug-likeness (QED) is 0.740. The highest BCUT2D eigenvalue weighted by Crippen LogP contribution is 2.36. The van der Waals surface area contributed by atoms with Crippen LogP contribution in [0, 0.1) is 0 Å². The van der Waals surface area contributed by atoms with Crippen LogP contribution in [0.2, 0.25) is 0 Å². The van der Waals surface area contributed by atoms with Crippen LogP contribution < -0.4 is 20.3 Å².